The maximum atomic E-state index is 3.47. The SMILES string of the molecule is CC#CCCN1CCCNc2ccccc21. The van der Waals surface area contributed by atoms with E-state index in [-0.39, 0.29) is 0 Å². The van der Waals surface area contributed by atoms with E-state index in [9.17, 15) is 0 Å². The molecule has 84 valence electrons. The van der Waals surface area contributed by atoms with Crippen molar-refractivity contribution in [1.82, 2.24) is 0 Å². The van der Waals surface area contributed by atoms with Crippen molar-refractivity contribution >= 4 is 11.4 Å². The molecule has 2 nitrogen and oxygen atoms in total. The van der Waals surface area contributed by atoms with Crippen LogP contribution in [-0.2, 0) is 0 Å². The summed E-state index contributed by atoms with van der Waals surface area (Å²) >= 11 is 0. The molecule has 1 N–H and O–H groups in total. The summed E-state index contributed by atoms with van der Waals surface area (Å²) in [6.07, 6.45) is 2.14. The van der Waals surface area contributed by atoms with E-state index in [0.29, 0.717) is 0 Å². The van der Waals surface area contributed by atoms with E-state index in [0.717, 1.165) is 26.1 Å². The lowest BCUT2D eigenvalue weighted by atomic mass is 10.2. The highest BCUT2D eigenvalue weighted by molar-refractivity contribution is 5.70. The van der Waals surface area contributed by atoms with Gasteiger partial charge in [0.25, 0.3) is 0 Å². The molecule has 0 aliphatic carbocycles. The highest BCUT2D eigenvalue weighted by atomic mass is 15.2. The molecule has 0 atom stereocenters. The van der Waals surface area contributed by atoms with E-state index in [1.807, 2.05) is 6.92 Å². The average Bonchev–Trinajstić information content (AvgIpc) is 2.52. The highest BCUT2D eigenvalue weighted by Crippen LogP contribution is 2.27. The minimum atomic E-state index is 0.949. The second-order valence-electron chi connectivity index (χ2n) is 3.96. The molecule has 1 aliphatic heterocycles. The van der Waals surface area contributed by atoms with E-state index >= 15 is 0 Å². The Balaban J connectivity index is 2.14. The molecular weight excluding hydrogens is 196 g/mol. The third kappa shape index (κ3) is 2.49. The molecule has 0 spiro atoms. The Kier molecular flexibility index (Phi) is 3.71. The maximum absolute atomic E-state index is 3.47. The van der Waals surface area contributed by atoms with Crippen molar-refractivity contribution in [3.63, 3.8) is 0 Å². The van der Waals surface area contributed by atoms with Crippen LogP contribution < -0.4 is 10.2 Å². The Morgan fingerprint density at radius 2 is 2.25 bits per heavy atom. The van der Waals surface area contributed by atoms with Gasteiger partial charge in [0.2, 0.25) is 0 Å². The molecule has 2 rings (SSSR count). The summed E-state index contributed by atoms with van der Waals surface area (Å²) in [6, 6.07) is 8.53. The largest absolute Gasteiger partial charge is 0.383 e. The fourth-order valence-electron chi connectivity index (χ4n) is 2.06. The first-order chi connectivity index (χ1) is 7.92. The van der Waals surface area contributed by atoms with Crippen molar-refractivity contribution in [1.29, 1.82) is 0 Å². The van der Waals surface area contributed by atoms with Crippen LogP contribution in [0.3, 0.4) is 0 Å². The fraction of sp³-hybridized carbons (Fsp3) is 0.429. The molecule has 16 heavy (non-hydrogen) atoms. The first kappa shape index (κ1) is 10.9. The lowest BCUT2D eigenvalue weighted by Crippen LogP contribution is -2.24. The van der Waals surface area contributed by atoms with Gasteiger partial charge in [-0.2, -0.15) is 0 Å². The van der Waals surface area contributed by atoms with Crippen LogP contribution in [0, 0.1) is 11.8 Å². The molecule has 0 unspecified atom stereocenters. The van der Waals surface area contributed by atoms with E-state index in [1.165, 1.54) is 17.8 Å². The zero-order valence-electron chi connectivity index (χ0n) is 9.79. The van der Waals surface area contributed by atoms with Gasteiger partial charge in [-0.05, 0) is 25.5 Å². The number of hydrogen-bond acceptors (Lipinski definition) is 2. The first-order valence-corrected chi connectivity index (χ1v) is 5.89. The van der Waals surface area contributed by atoms with E-state index < -0.39 is 0 Å². The molecule has 0 aromatic heterocycles. The van der Waals surface area contributed by atoms with Crippen molar-refractivity contribution < 1.29 is 0 Å². The third-order valence-electron chi connectivity index (χ3n) is 2.85. The van der Waals surface area contributed by atoms with Crippen LogP contribution in [0.25, 0.3) is 0 Å². The predicted octanol–water partition coefficient (Wildman–Crippen LogP) is 2.72. The molecule has 1 heterocycles. The van der Waals surface area contributed by atoms with Crippen molar-refractivity contribution in [3.8, 4) is 11.8 Å². The first-order valence-electron chi connectivity index (χ1n) is 5.89. The van der Waals surface area contributed by atoms with Gasteiger partial charge in [-0.1, -0.05) is 12.1 Å². The minimum absolute atomic E-state index is 0.949. The van der Waals surface area contributed by atoms with Gasteiger partial charge in [-0.25, -0.2) is 0 Å². The zero-order chi connectivity index (χ0) is 11.2. The van der Waals surface area contributed by atoms with Crippen molar-refractivity contribution in [2.45, 2.75) is 19.8 Å². The average molecular weight is 214 g/mol. The number of nitrogens with one attached hydrogen (secondary N) is 1. The Morgan fingerprint density at radius 1 is 1.38 bits per heavy atom. The third-order valence-corrected chi connectivity index (χ3v) is 2.85. The number of fused-ring (bicyclic) bond motifs is 1. The quantitative estimate of drug-likeness (QED) is 0.761. The lowest BCUT2D eigenvalue weighted by Gasteiger charge is -2.23. The Bertz CT molecular complexity index is 401. The fourth-order valence-corrected chi connectivity index (χ4v) is 2.06. The second-order valence-corrected chi connectivity index (χ2v) is 3.96. The lowest BCUT2D eigenvalue weighted by molar-refractivity contribution is 0.767. The van der Waals surface area contributed by atoms with Crippen LogP contribution in [0.1, 0.15) is 19.8 Å². The van der Waals surface area contributed by atoms with E-state index in [4.69, 9.17) is 0 Å². The van der Waals surface area contributed by atoms with Gasteiger partial charge >= 0.3 is 0 Å². The highest BCUT2D eigenvalue weighted by Gasteiger charge is 2.12. The number of hydrogen-bond donors (Lipinski definition) is 1. The summed E-state index contributed by atoms with van der Waals surface area (Å²) in [5, 5.41) is 3.47. The Labute approximate surface area is 97.7 Å². The van der Waals surface area contributed by atoms with Gasteiger partial charge in [0, 0.05) is 26.1 Å². The van der Waals surface area contributed by atoms with Gasteiger partial charge in [-0.15, -0.1) is 11.8 Å². The summed E-state index contributed by atoms with van der Waals surface area (Å²) in [5.74, 6) is 6.09. The summed E-state index contributed by atoms with van der Waals surface area (Å²) < 4.78 is 0. The Morgan fingerprint density at radius 3 is 3.12 bits per heavy atom. The molecule has 2 heteroatoms. The molecule has 1 aromatic rings. The number of benzene rings is 1. The van der Waals surface area contributed by atoms with Gasteiger partial charge in [0.15, 0.2) is 0 Å². The van der Waals surface area contributed by atoms with Crippen molar-refractivity contribution in [3.05, 3.63) is 24.3 Å². The minimum Gasteiger partial charge on any atom is -0.383 e. The van der Waals surface area contributed by atoms with Gasteiger partial charge in [-0.3, -0.25) is 0 Å². The maximum Gasteiger partial charge on any atom is 0.0602 e. The van der Waals surface area contributed by atoms with Crippen molar-refractivity contribution in [2.24, 2.45) is 0 Å². The van der Waals surface area contributed by atoms with Crippen LogP contribution >= 0.6 is 0 Å². The van der Waals surface area contributed by atoms with Crippen LogP contribution in [0.2, 0.25) is 0 Å². The monoisotopic (exact) mass is 214 g/mol. The summed E-state index contributed by atoms with van der Waals surface area (Å²) in [6.45, 7) is 5.11. The van der Waals surface area contributed by atoms with Crippen molar-refractivity contribution in [2.75, 3.05) is 29.9 Å². The van der Waals surface area contributed by atoms with Gasteiger partial charge in [0.05, 0.1) is 11.4 Å². The Hall–Kier alpha value is -1.62. The molecule has 0 amide bonds. The summed E-state index contributed by atoms with van der Waals surface area (Å²) in [5.41, 5.74) is 2.57. The summed E-state index contributed by atoms with van der Waals surface area (Å²) in [7, 11) is 0. The molecule has 0 saturated carbocycles. The number of rotatable bonds is 2. The predicted molar refractivity (Wildman–Crippen MR) is 69.8 cm³/mol. The molecule has 1 aliphatic rings. The molecule has 0 fully saturated rings. The zero-order valence-corrected chi connectivity index (χ0v) is 9.79. The number of para-hydroxylation sites is 2. The van der Waals surface area contributed by atoms with Crippen LogP contribution in [0.5, 0.6) is 0 Å². The van der Waals surface area contributed by atoms with E-state index in [2.05, 4.69) is 46.3 Å². The molecule has 1 aromatic carbocycles. The molecule has 0 radical (unpaired) electrons. The molecular formula is C14H18N2. The number of anilines is 2. The van der Waals surface area contributed by atoms with Crippen LogP contribution in [-0.4, -0.2) is 19.6 Å². The topological polar surface area (TPSA) is 15.3 Å². The normalized spacial score (nSPS) is 14.2. The second kappa shape index (κ2) is 5.46. The standard InChI is InChI=1S/C14H18N2/c1-2-3-6-11-16-12-7-10-15-13-8-4-5-9-14(13)16/h4-5,8-9,15H,6-7,10-12H2,1H3. The van der Waals surface area contributed by atoms with E-state index in [1.54, 1.807) is 0 Å². The summed E-state index contributed by atoms with van der Waals surface area (Å²) in [4.78, 5) is 2.43. The van der Waals surface area contributed by atoms with Gasteiger partial charge in [0.1, 0.15) is 0 Å². The molecule has 0 saturated heterocycles. The van der Waals surface area contributed by atoms with Gasteiger partial charge < -0.3 is 10.2 Å². The van der Waals surface area contributed by atoms with Crippen LogP contribution in [0.4, 0.5) is 11.4 Å². The smallest absolute Gasteiger partial charge is 0.0602 e. The van der Waals surface area contributed by atoms with Crippen LogP contribution in [0.15, 0.2) is 24.3 Å². The number of nitrogens with zero attached hydrogens (tertiary/aromatic N) is 1. The molecule has 0 bridgehead atoms.